The summed E-state index contributed by atoms with van der Waals surface area (Å²) >= 11 is 1.92. The van der Waals surface area contributed by atoms with Gasteiger partial charge in [0.05, 0.1) is 11.1 Å². The molecule has 11 aromatic rings. The molecule has 1 spiro atoms. The van der Waals surface area contributed by atoms with Crippen LogP contribution in [0.25, 0.3) is 55.6 Å². The number of anilines is 3. The van der Waals surface area contributed by atoms with E-state index in [-0.39, 0.29) is 44.6 Å². The van der Waals surface area contributed by atoms with Crippen molar-refractivity contribution in [3.8, 4) is 55.6 Å². The Kier molecular flexibility index (Phi) is 15.9. The Morgan fingerprint density at radius 3 is 1.03 bits per heavy atom. The second-order valence-corrected chi connectivity index (χ2v) is 37.0. The summed E-state index contributed by atoms with van der Waals surface area (Å²) in [6.45, 7) is 49.6. The zero-order chi connectivity index (χ0) is 69.8. The van der Waals surface area contributed by atoms with Gasteiger partial charge in [-0.05, 0) is 197 Å². The molecular formula is C95H100BNS. The van der Waals surface area contributed by atoms with Crippen LogP contribution >= 0.6 is 11.8 Å². The first-order chi connectivity index (χ1) is 46.0. The predicted octanol–water partition coefficient (Wildman–Crippen LogP) is 24.6. The van der Waals surface area contributed by atoms with Gasteiger partial charge in [0.15, 0.2) is 0 Å². The van der Waals surface area contributed by atoms with Crippen molar-refractivity contribution in [1.82, 2.24) is 0 Å². The third-order valence-electron chi connectivity index (χ3n) is 21.6. The average molecular weight is 1300 g/mol. The van der Waals surface area contributed by atoms with Gasteiger partial charge in [0.2, 0.25) is 6.71 Å². The van der Waals surface area contributed by atoms with Crippen LogP contribution < -0.4 is 21.3 Å². The summed E-state index contributed by atoms with van der Waals surface area (Å²) in [7, 11) is 0. The Hall–Kier alpha value is -8.37. The van der Waals surface area contributed by atoms with Gasteiger partial charge in [-0.3, -0.25) is 0 Å². The van der Waals surface area contributed by atoms with Crippen molar-refractivity contribution >= 4 is 51.9 Å². The van der Waals surface area contributed by atoms with Gasteiger partial charge in [-0.1, -0.05) is 345 Å². The quantitative estimate of drug-likeness (QED) is 0.153. The Morgan fingerprint density at radius 2 is 0.612 bits per heavy atom. The van der Waals surface area contributed by atoms with Crippen LogP contribution in [0.4, 0.5) is 17.1 Å². The third kappa shape index (κ3) is 11.6. The van der Waals surface area contributed by atoms with Crippen molar-refractivity contribution < 1.29 is 0 Å². The van der Waals surface area contributed by atoms with E-state index in [4.69, 9.17) is 0 Å². The molecule has 0 aliphatic carbocycles. The van der Waals surface area contributed by atoms with E-state index in [1.54, 1.807) is 0 Å². The molecule has 11 aromatic carbocycles. The second-order valence-electron chi connectivity index (χ2n) is 35.9. The zero-order valence-electron chi connectivity index (χ0n) is 62.3. The summed E-state index contributed by atoms with van der Waals surface area (Å²) in [6, 6.07) is 89.7. The molecule has 0 saturated carbocycles. The van der Waals surface area contributed by atoms with E-state index < -0.39 is 5.41 Å². The van der Waals surface area contributed by atoms with Gasteiger partial charge in [-0.15, -0.1) is 0 Å². The lowest BCUT2D eigenvalue weighted by Crippen LogP contribution is -2.65. The maximum Gasteiger partial charge on any atom is 0.247 e. The van der Waals surface area contributed by atoms with Gasteiger partial charge in [-0.2, -0.15) is 0 Å². The van der Waals surface area contributed by atoms with E-state index in [1.165, 1.54) is 160 Å². The highest BCUT2D eigenvalue weighted by molar-refractivity contribution is 7.99. The van der Waals surface area contributed by atoms with E-state index in [0.717, 1.165) is 0 Å². The van der Waals surface area contributed by atoms with Crippen molar-refractivity contribution in [1.29, 1.82) is 0 Å². The molecule has 0 fully saturated rings. The fourth-order valence-electron chi connectivity index (χ4n) is 15.6. The summed E-state index contributed by atoms with van der Waals surface area (Å²) < 4.78 is 0. The first kappa shape index (κ1) is 66.8. The van der Waals surface area contributed by atoms with E-state index in [9.17, 15) is 0 Å². The van der Waals surface area contributed by atoms with Gasteiger partial charge < -0.3 is 4.90 Å². The van der Waals surface area contributed by atoms with Crippen LogP contribution in [0.2, 0.25) is 0 Å². The third-order valence-corrected chi connectivity index (χ3v) is 22.8. The zero-order valence-corrected chi connectivity index (χ0v) is 63.1. The highest BCUT2D eigenvalue weighted by Gasteiger charge is 2.55. The SMILES string of the molecule is CC(C)(C)c1cc(-c2ccc3c(c2)B2c4ccc(-c5cc(C(C)(C)C)cc(C(C)(C)C)c5)cc4N(c4c(-c5ccccc5)cc(C(C)(C)C)cc4-c4ccccc4)c4cc(-c5cc(C(C)(C)C)cc(C(C)(C)C)c5)cc(c42)C32c3ccccc3Sc3ccccc32)cc(C(C)(C)C)c1. The van der Waals surface area contributed by atoms with E-state index in [1.807, 2.05) is 11.8 Å². The molecular weight excluding hydrogens is 1200 g/mol. The van der Waals surface area contributed by atoms with Crippen molar-refractivity contribution in [3.05, 3.63) is 286 Å². The second kappa shape index (κ2) is 23.4. The molecule has 494 valence electrons. The fourth-order valence-corrected chi connectivity index (χ4v) is 16.8. The number of nitrogens with zero attached hydrogens (tertiary/aromatic N) is 1. The molecule has 1 nitrogen and oxygen atoms in total. The molecule has 0 unspecified atom stereocenters. The van der Waals surface area contributed by atoms with Crippen molar-refractivity contribution in [2.24, 2.45) is 0 Å². The van der Waals surface area contributed by atoms with Crippen LogP contribution in [0.5, 0.6) is 0 Å². The molecule has 0 aromatic heterocycles. The molecule has 3 aliphatic heterocycles. The molecule has 0 atom stereocenters. The molecule has 0 bridgehead atoms. The Morgan fingerprint density at radius 1 is 0.265 bits per heavy atom. The number of rotatable bonds is 6. The van der Waals surface area contributed by atoms with E-state index in [2.05, 4.69) is 375 Å². The molecule has 3 heterocycles. The number of fused-ring (bicyclic) bond motifs is 10. The molecule has 3 heteroatoms. The molecule has 0 amide bonds. The molecule has 3 aliphatic rings. The molecule has 98 heavy (non-hydrogen) atoms. The Balaban J connectivity index is 1.23. The molecule has 0 saturated heterocycles. The number of hydrogen-bond acceptors (Lipinski definition) is 2. The molecule has 14 rings (SSSR count). The summed E-state index contributed by atoms with van der Waals surface area (Å²) in [6.07, 6.45) is 0. The van der Waals surface area contributed by atoms with Crippen LogP contribution in [-0.2, 0) is 43.3 Å². The highest BCUT2D eigenvalue weighted by atomic mass is 32.2. The monoisotopic (exact) mass is 1300 g/mol. The average Bonchev–Trinajstić information content (AvgIpc) is 0.665. The molecule has 0 N–H and O–H groups in total. The van der Waals surface area contributed by atoms with Crippen LogP contribution in [-0.4, -0.2) is 6.71 Å². The van der Waals surface area contributed by atoms with Gasteiger partial charge in [0, 0.05) is 32.3 Å². The fraction of sp³-hybridized carbons (Fsp3) is 0.305. The van der Waals surface area contributed by atoms with Crippen molar-refractivity contribution in [2.75, 3.05) is 4.90 Å². The summed E-state index contributed by atoms with van der Waals surface area (Å²) in [5.41, 5.74) is 32.9. The highest BCUT2D eigenvalue weighted by Crippen LogP contribution is 2.60. The van der Waals surface area contributed by atoms with Gasteiger partial charge in [-0.25, -0.2) is 0 Å². The summed E-state index contributed by atoms with van der Waals surface area (Å²) in [5, 5.41) is 0. The first-order valence-electron chi connectivity index (χ1n) is 35.9. The van der Waals surface area contributed by atoms with Crippen LogP contribution in [0.3, 0.4) is 0 Å². The summed E-state index contributed by atoms with van der Waals surface area (Å²) in [5.74, 6) is 0. The van der Waals surface area contributed by atoms with E-state index >= 15 is 0 Å². The maximum atomic E-state index is 2.80. The predicted molar refractivity (Wildman–Crippen MR) is 426 cm³/mol. The Bertz CT molecular complexity index is 4770. The minimum Gasteiger partial charge on any atom is -0.310 e. The lowest BCUT2D eigenvalue weighted by molar-refractivity contribution is 0.568. The first-order valence-corrected chi connectivity index (χ1v) is 36.7. The van der Waals surface area contributed by atoms with Crippen LogP contribution in [0, 0.1) is 0 Å². The number of hydrogen-bond donors (Lipinski definition) is 0. The molecule has 0 radical (unpaired) electrons. The van der Waals surface area contributed by atoms with Crippen molar-refractivity contribution in [2.45, 2.75) is 199 Å². The number of benzene rings is 11. The minimum absolute atomic E-state index is 0.0706. The van der Waals surface area contributed by atoms with Crippen molar-refractivity contribution in [3.63, 3.8) is 0 Å². The lowest BCUT2D eigenvalue weighted by Gasteiger charge is -2.51. The van der Waals surface area contributed by atoms with E-state index in [0.29, 0.717) is 0 Å². The maximum absolute atomic E-state index is 2.80. The van der Waals surface area contributed by atoms with Gasteiger partial charge >= 0.3 is 0 Å². The lowest BCUT2D eigenvalue weighted by atomic mass is 9.29. The topological polar surface area (TPSA) is 3.24 Å². The largest absolute Gasteiger partial charge is 0.310 e. The standard InChI is InChI=1S/C95H100BNS/c1-88(2,3)67-44-63(45-68(54-67)89(4,5)6)61-40-42-76-81(51-61)96-80-43-41-62(64-46-69(90(7,8)9)55-70(47-64)91(10,11)12)52-82(80)97(87-74(59-32-24-22-25-33-59)57-73(94(19,20)21)58-75(87)60-34-26-23-27-35-60)83-53-66(65-48-71(92(13,14)15)56-72(49-65)93(16,17)18)50-79(86(83)96)95(76)77-36-28-30-38-84(77)98-85-39-31-29-37-78(85)95/h22-58H,1-21H3. The normalized spacial score (nSPS) is 14.4. The smallest absolute Gasteiger partial charge is 0.247 e. The van der Waals surface area contributed by atoms with Crippen LogP contribution in [0.1, 0.15) is 207 Å². The van der Waals surface area contributed by atoms with Gasteiger partial charge in [0.25, 0.3) is 0 Å². The summed E-state index contributed by atoms with van der Waals surface area (Å²) in [4.78, 5) is 5.37. The van der Waals surface area contributed by atoms with Crippen LogP contribution in [0.15, 0.2) is 234 Å². The van der Waals surface area contributed by atoms with Gasteiger partial charge in [0.1, 0.15) is 0 Å². The Labute approximate surface area is 592 Å². The minimum atomic E-state index is -0.762.